The SMILES string of the molecule is O=C(Cc1csc(-c2ccc(CN3CCOCC3)cc2)n1)Nc1ccc(F)cc1. The first-order valence-corrected chi connectivity index (χ1v) is 10.4. The molecule has 2 heterocycles. The van der Waals surface area contributed by atoms with E-state index in [9.17, 15) is 9.18 Å². The predicted octanol–water partition coefficient (Wildman–Crippen LogP) is 3.96. The maximum absolute atomic E-state index is 12.9. The van der Waals surface area contributed by atoms with Crippen LogP contribution in [0, 0.1) is 5.82 Å². The zero-order valence-electron chi connectivity index (χ0n) is 15.9. The smallest absolute Gasteiger partial charge is 0.230 e. The van der Waals surface area contributed by atoms with Crippen LogP contribution in [-0.2, 0) is 22.5 Å². The van der Waals surface area contributed by atoms with Crippen molar-refractivity contribution in [1.82, 2.24) is 9.88 Å². The van der Waals surface area contributed by atoms with E-state index < -0.39 is 0 Å². The topological polar surface area (TPSA) is 54.5 Å². The zero-order valence-corrected chi connectivity index (χ0v) is 16.8. The van der Waals surface area contributed by atoms with Crippen LogP contribution >= 0.6 is 11.3 Å². The van der Waals surface area contributed by atoms with Gasteiger partial charge in [-0.05, 0) is 29.8 Å². The first-order chi connectivity index (χ1) is 14.2. The van der Waals surface area contributed by atoms with E-state index in [1.165, 1.54) is 41.2 Å². The minimum absolute atomic E-state index is 0.172. The van der Waals surface area contributed by atoms with Gasteiger partial charge in [-0.25, -0.2) is 9.37 Å². The van der Waals surface area contributed by atoms with E-state index in [1.54, 1.807) is 0 Å². The quantitative estimate of drug-likeness (QED) is 0.667. The van der Waals surface area contributed by atoms with Crippen LogP contribution in [0.2, 0.25) is 0 Å². The van der Waals surface area contributed by atoms with E-state index in [0.717, 1.165) is 49.1 Å². The third kappa shape index (κ3) is 5.47. The van der Waals surface area contributed by atoms with Crippen LogP contribution < -0.4 is 5.32 Å². The Bertz CT molecular complexity index is 951. The predicted molar refractivity (Wildman–Crippen MR) is 112 cm³/mol. The molecule has 3 aromatic rings. The van der Waals surface area contributed by atoms with Crippen molar-refractivity contribution in [3.05, 3.63) is 71.0 Å². The number of aromatic nitrogens is 1. The van der Waals surface area contributed by atoms with Crippen molar-refractivity contribution in [1.29, 1.82) is 0 Å². The molecular weight excluding hydrogens is 389 g/mol. The third-order valence-corrected chi connectivity index (χ3v) is 5.67. The summed E-state index contributed by atoms with van der Waals surface area (Å²) in [6.45, 7) is 4.47. The molecule has 1 saturated heterocycles. The first kappa shape index (κ1) is 19.7. The van der Waals surface area contributed by atoms with Gasteiger partial charge in [-0.1, -0.05) is 24.3 Å². The molecule has 0 aliphatic carbocycles. The van der Waals surface area contributed by atoms with E-state index >= 15 is 0 Å². The highest BCUT2D eigenvalue weighted by Crippen LogP contribution is 2.25. The lowest BCUT2D eigenvalue weighted by Gasteiger charge is -2.26. The van der Waals surface area contributed by atoms with Gasteiger partial charge in [-0.3, -0.25) is 9.69 Å². The summed E-state index contributed by atoms with van der Waals surface area (Å²) in [5, 5.41) is 5.56. The molecule has 2 aromatic carbocycles. The molecule has 4 rings (SSSR count). The van der Waals surface area contributed by atoms with Gasteiger partial charge in [0.25, 0.3) is 0 Å². The number of carbonyl (C=O) groups excluding carboxylic acids is 1. The molecule has 1 fully saturated rings. The van der Waals surface area contributed by atoms with Crippen molar-refractivity contribution in [2.45, 2.75) is 13.0 Å². The number of amides is 1. The van der Waals surface area contributed by atoms with Gasteiger partial charge in [0.2, 0.25) is 5.91 Å². The maximum Gasteiger partial charge on any atom is 0.230 e. The van der Waals surface area contributed by atoms with E-state index in [2.05, 4.69) is 39.5 Å². The molecule has 0 spiro atoms. The summed E-state index contributed by atoms with van der Waals surface area (Å²) < 4.78 is 18.3. The van der Waals surface area contributed by atoms with Crippen LogP contribution in [0.1, 0.15) is 11.3 Å². The van der Waals surface area contributed by atoms with Gasteiger partial charge in [0.05, 0.1) is 25.3 Å². The van der Waals surface area contributed by atoms with Crippen molar-refractivity contribution in [3.8, 4) is 10.6 Å². The second-order valence-corrected chi connectivity index (χ2v) is 7.82. The minimum atomic E-state index is -0.330. The van der Waals surface area contributed by atoms with Gasteiger partial charge in [0.15, 0.2) is 0 Å². The molecule has 7 heteroatoms. The standard InChI is InChI=1S/C22H22FN3O2S/c23-18-5-7-19(8-6-18)24-21(27)13-20-15-29-22(25-20)17-3-1-16(2-4-17)14-26-9-11-28-12-10-26/h1-8,15H,9-14H2,(H,24,27). The summed E-state index contributed by atoms with van der Waals surface area (Å²) in [4.78, 5) is 19.2. The normalized spacial score (nSPS) is 14.7. The Hall–Kier alpha value is -2.61. The van der Waals surface area contributed by atoms with Crippen LogP contribution in [0.25, 0.3) is 10.6 Å². The Kier molecular flexibility index (Phi) is 6.29. The molecule has 150 valence electrons. The summed E-state index contributed by atoms with van der Waals surface area (Å²) in [5.74, 6) is -0.502. The first-order valence-electron chi connectivity index (χ1n) is 9.55. The second-order valence-electron chi connectivity index (χ2n) is 6.96. The number of thiazole rings is 1. The molecule has 0 saturated carbocycles. The number of nitrogens with zero attached hydrogens (tertiary/aromatic N) is 2. The van der Waals surface area contributed by atoms with Crippen molar-refractivity contribution >= 4 is 22.9 Å². The van der Waals surface area contributed by atoms with Gasteiger partial charge in [0.1, 0.15) is 10.8 Å². The molecule has 29 heavy (non-hydrogen) atoms. The number of benzene rings is 2. The van der Waals surface area contributed by atoms with E-state index in [1.807, 2.05) is 5.38 Å². The Balaban J connectivity index is 1.34. The molecule has 0 bridgehead atoms. The second kappa shape index (κ2) is 9.26. The number of anilines is 1. The average Bonchev–Trinajstić information content (AvgIpc) is 3.19. The van der Waals surface area contributed by atoms with E-state index in [-0.39, 0.29) is 18.1 Å². The van der Waals surface area contributed by atoms with Gasteiger partial charge < -0.3 is 10.1 Å². The van der Waals surface area contributed by atoms with E-state index in [0.29, 0.717) is 5.69 Å². The fourth-order valence-corrected chi connectivity index (χ4v) is 4.02. The molecule has 0 radical (unpaired) electrons. The minimum Gasteiger partial charge on any atom is -0.379 e. The fourth-order valence-electron chi connectivity index (χ4n) is 3.19. The van der Waals surface area contributed by atoms with Gasteiger partial charge in [-0.2, -0.15) is 0 Å². The van der Waals surface area contributed by atoms with Crippen molar-refractivity contribution < 1.29 is 13.9 Å². The van der Waals surface area contributed by atoms with Crippen molar-refractivity contribution in [2.75, 3.05) is 31.6 Å². The lowest BCUT2D eigenvalue weighted by atomic mass is 10.1. The Morgan fingerprint density at radius 1 is 1.10 bits per heavy atom. The summed E-state index contributed by atoms with van der Waals surface area (Å²) in [6, 6.07) is 14.1. The van der Waals surface area contributed by atoms with Crippen LogP contribution in [0.4, 0.5) is 10.1 Å². The highest BCUT2D eigenvalue weighted by Gasteiger charge is 2.12. The molecule has 0 atom stereocenters. The highest BCUT2D eigenvalue weighted by molar-refractivity contribution is 7.13. The molecule has 1 N–H and O–H groups in total. The van der Waals surface area contributed by atoms with Gasteiger partial charge >= 0.3 is 0 Å². The van der Waals surface area contributed by atoms with Crippen molar-refractivity contribution in [2.24, 2.45) is 0 Å². The summed E-state index contributed by atoms with van der Waals surface area (Å²) >= 11 is 1.53. The molecule has 1 amide bonds. The lowest BCUT2D eigenvalue weighted by molar-refractivity contribution is -0.115. The number of rotatable bonds is 6. The summed E-state index contributed by atoms with van der Waals surface area (Å²) in [5.41, 5.74) is 3.61. The Morgan fingerprint density at radius 3 is 2.55 bits per heavy atom. The molecule has 5 nitrogen and oxygen atoms in total. The number of nitrogens with one attached hydrogen (secondary N) is 1. The number of hydrogen-bond acceptors (Lipinski definition) is 5. The van der Waals surface area contributed by atoms with E-state index in [4.69, 9.17) is 4.74 Å². The van der Waals surface area contributed by atoms with Gasteiger partial charge in [0, 0.05) is 36.3 Å². The number of hydrogen-bond donors (Lipinski definition) is 1. The zero-order chi connectivity index (χ0) is 20.1. The summed E-state index contributed by atoms with van der Waals surface area (Å²) in [7, 11) is 0. The van der Waals surface area contributed by atoms with Crippen molar-refractivity contribution in [3.63, 3.8) is 0 Å². The van der Waals surface area contributed by atoms with Crippen LogP contribution in [0.3, 0.4) is 0 Å². The highest BCUT2D eigenvalue weighted by atomic mass is 32.1. The molecule has 1 aliphatic rings. The average molecular weight is 412 g/mol. The third-order valence-electron chi connectivity index (χ3n) is 4.73. The lowest BCUT2D eigenvalue weighted by Crippen LogP contribution is -2.35. The monoisotopic (exact) mass is 411 g/mol. The number of morpholine rings is 1. The molecule has 1 aliphatic heterocycles. The molecule has 1 aromatic heterocycles. The van der Waals surface area contributed by atoms with Crippen LogP contribution in [-0.4, -0.2) is 42.1 Å². The maximum atomic E-state index is 12.9. The Morgan fingerprint density at radius 2 is 1.83 bits per heavy atom. The molecule has 0 unspecified atom stereocenters. The largest absolute Gasteiger partial charge is 0.379 e. The Labute approximate surface area is 173 Å². The number of carbonyl (C=O) groups is 1. The fraction of sp³-hybridized carbons (Fsp3) is 0.273. The van der Waals surface area contributed by atoms with Crippen LogP contribution in [0.5, 0.6) is 0 Å². The number of ether oxygens (including phenoxy) is 1. The van der Waals surface area contributed by atoms with Crippen LogP contribution in [0.15, 0.2) is 53.9 Å². The van der Waals surface area contributed by atoms with Gasteiger partial charge in [-0.15, -0.1) is 11.3 Å². The molecular formula is C22H22FN3O2S. The number of halogens is 1. The summed E-state index contributed by atoms with van der Waals surface area (Å²) in [6.07, 6.45) is 0.184.